The maximum absolute atomic E-state index is 10.6. The van der Waals surface area contributed by atoms with Crippen molar-refractivity contribution in [1.29, 1.82) is 0 Å². The Balaban J connectivity index is 2.99. The third kappa shape index (κ3) is 3.26. The Morgan fingerprint density at radius 2 is 2.24 bits per heavy atom. The Morgan fingerprint density at radius 3 is 2.76 bits per heavy atom. The maximum Gasteiger partial charge on any atom is 0.311 e. The van der Waals surface area contributed by atoms with Gasteiger partial charge in [-0.05, 0) is 6.42 Å². The lowest BCUT2D eigenvalue weighted by atomic mass is 10.0. The molecule has 1 aromatic rings. The normalized spacial score (nSPS) is 14.3. The van der Waals surface area contributed by atoms with Crippen molar-refractivity contribution in [1.82, 2.24) is 4.98 Å². The first kappa shape index (κ1) is 13.6. The molecule has 0 aromatic carbocycles. The number of halogens is 1. The van der Waals surface area contributed by atoms with Gasteiger partial charge in [0.25, 0.3) is 0 Å². The van der Waals surface area contributed by atoms with E-state index in [4.69, 9.17) is 17.3 Å². The predicted molar refractivity (Wildman–Crippen MR) is 61.6 cm³/mol. The minimum absolute atomic E-state index is 0.128. The standard InChI is InChI=1S/C9H12ClN3O4/c10-2-1-7(14)8(15)5-3-6(13(16)17)9(11)12-4-5/h3-4,7-8,14-15H,1-2H2,(H2,11,12). The van der Waals surface area contributed by atoms with Crippen molar-refractivity contribution in [3.63, 3.8) is 0 Å². The molecule has 1 rings (SSSR count). The van der Waals surface area contributed by atoms with Crippen LogP contribution in [-0.4, -0.2) is 32.1 Å². The second-order valence-corrected chi connectivity index (χ2v) is 3.80. The second kappa shape index (κ2) is 5.76. The van der Waals surface area contributed by atoms with Crippen molar-refractivity contribution >= 4 is 23.1 Å². The summed E-state index contributed by atoms with van der Waals surface area (Å²) in [5, 5.41) is 29.8. The molecule has 2 unspecified atom stereocenters. The Hall–Kier alpha value is -1.44. The Kier molecular flexibility index (Phi) is 4.62. The van der Waals surface area contributed by atoms with E-state index in [1.807, 2.05) is 0 Å². The highest BCUT2D eigenvalue weighted by Gasteiger charge is 2.22. The van der Waals surface area contributed by atoms with Gasteiger partial charge in [-0.15, -0.1) is 11.6 Å². The third-order valence-electron chi connectivity index (χ3n) is 2.23. The molecule has 1 heterocycles. The fraction of sp³-hybridized carbons (Fsp3) is 0.444. The summed E-state index contributed by atoms with van der Waals surface area (Å²) in [6.07, 6.45) is -1.02. The minimum atomic E-state index is -1.28. The number of aliphatic hydroxyl groups is 2. The number of hydrogen-bond acceptors (Lipinski definition) is 6. The summed E-state index contributed by atoms with van der Waals surface area (Å²) in [5.41, 5.74) is 5.03. The molecule has 0 bridgehead atoms. The largest absolute Gasteiger partial charge is 0.390 e. The van der Waals surface area contributed by atoms with Crippen molar-refractivity contribution in [2.24, 2.45) is 0 Å². The number of hydrogen-bond donors (Lipinski definition) is 3. The number of anilines is 1. The van der Waals surface area contributed by atoms with Crippen LogP contribution in [0.2, 0.25) is 0 Å². The lowest BCUT2D eigenvalue weighted by Crippen LogP contribution is -2.19. The average molecular weight is 262 g/mol. The molecule has 4 N–H and O–H groups in total. The van der Waals surface area contributed by atoms with E-state index in [0.717, 1.165) is 6.07 Å². The van der Waals surface area contributed by atoms with Crippen LogP contribution >= 0.6 is 11.6 Å². The van der Waals surface area contributed by atoms with Crippen molar-refractivity contribution < 1.29 is 15.1 Å². The lowest BCUT2D eigenvalue weighted by Gasteiger charge is -2.16. The summed E-state index contributed by atoms with van der Waals surface area (Å²) < 4.78 is 0. The van der Waals surface area contributed by atoms with Gasteiger partial charge in [0.1, 0.15) is 6.10 Å². The van der Waals surface area contributed by atoms with Crippen LogP contribution in [-0.2, 0) is 0 Å². The summed E-state index contributed by atoms with van der Waals surface area (Å²) in [5.74, 6) is -0.0688. The smallest absolute Gasteiger partial charge is 0.311 e. The quantitative estimate of drug-likeness (QED) is 0.405. The highest BCUT2D eigenvalue weighted by Crippen LogP contribution is 2.25. The number of rotatable bonds is 5. The number of aliphatic hydroxyl groups excluding tert-OH is 2. The topological polar surface area (TPSA) is 123 Å². The second-order valence-electron chi connectivity index (χ2n) is 3.42. The van der Waals surface area contributed by atoms with Gasteiger partial charge < -0.3 is 15.9 Å². The molecule has 2 atom stereocenters. The fourth-order valence-corrected chi connectivity index (χ4v) is 1.50. The molecule has 7 nitrogen and oxygen atoms in total. The van der Waals surface area contributed by atoms with E-state index in [1.165, 1.54) is 6.20 Å². The van der Waals surface area contributed by atoms with Crippen molar-refractivity contribution in [2.75, 3.05) is 11.6 Å². The van der Waals surface area contributed by atoms with Gasteiger partial charge in [-0.2, -0.15) is 0 Å². The van der Waals surface area contributed by atoms with Crippen LogP contribution in [0.1, 0.15) is 18.1 Å². The third-order valence-corrected chi connectivity index (χ3v) is 2.44. The monoisotopic (exact) mass is 261 g/mol. The molecule has 94 valence electrons. The summed E-state index contributed by atoms with van der Waals surface area (Å²) in [6.45, 7) is 0. The van der Waals surface area contributed by atoms with Gasteiger partial charge in [-0.3, -0.25) is 10.1 Å². The minimum Gasteiger partial charge on any atom is -0.390 e. The zero-order valence-corrected chi connectivity index (χ0v) is 9.54. The van der Waals surface area contributed by atoms with Gasteiger partial charge in [-0.25, -0.2) is 4.98 Å². The number of nitro groups is 1. The molecule has 17 heavy (non-hydrogen) atoms. The van der Waals surface area contributed by atoms with Crippen molar-refractivity contribution in [3.05, 3.63) is 27.9 Å². The van der Waals surface area contributed by atoms with Gasteiger partial charge in [-0.1, -0.05) is 0 Å². The van der Waals surface area contributed by atoms with Gasteiger partial charge in [0.05, 0.1) is 11.0 Å². The Labute approximate surface area is 102 Å². The first-order chi connectivity index (χ1) is 7.97. The fourth-order valence-electron chi connectivity index (χ4n) is 1.28. The molecular weight excluding hydrogens is 250 g/mol. The summed E-state index contributed by atoms with van der Waals surface area (Å²) in [6, 6.07) is 1.09. The van der Waals surface area contributed by atoms with E-state index in [2.05, 4.69) is 4.98 Å². The van der Waals surface area contributed by atoms with E-state index in [0.29, 0.717) is 0 Å². The summed E-state index contributed by atoms with van der Waals surface area (Å²) in [7, 11) is 0. The van der Waals surface area contributed by atoms with Gasteiger partial charge in [0.15, 0.2) is 0 Å². The number of nitrogens with two attached hydrogens (primary N) is 1. The Morgan fingerprint density at radius 1 is 1.59 bits per heavy atom. The van der Waals surface area contributed by atoms with Gasteiger partial charge in [0.2, 0.25) is 5.82 Å². The molecule has 0 radical (unpaired) electrons. The van der Waals surface area contributed by atoms with E-state index in [1.54, 1.807) is 0 Å². The maximum atomic E-state index is 10.6. The van der Waals surface area contributed by atoms with Crippen LogP contribution in [0.15, 0.2) is 12.3 Å². The van der Waals surface area contributed by atoms with Crippen LogP contribution in [0, 0.1) is 10.1 Å². The number of aromatic nitrogens is 1. The van der Waals surface area contributed by atoms with E-state index >= 15 is 0 Å². The molecule has 0 saturated heterocycles. The molecule has 8 heteroatoms. The number of nitrogen functional groups attached to an aromatic ring is 1. The van der Waals surface area contributed by atoms with Crippen LogP contribution in [0.3, 0.4) is 0 Å². The van der Waals surface area contributed by atoms with Gasteiger partial charge in [0, 0.05) is 23.7 Å². The zero-order chi connectivity index (χ0) is 13.0. The molecule has 0 fully saturated rings. The van der Waals surface area contributed by atoms with Crippen LogP contribution in [0.25, 0.3) is 0 Å². The van der Waals surface area contributed by atoms with E-state index in [-0.39, 0.29) is 23.7 Å². The molecule has 0 aliphatic rings. The highest BCUT2D eigenvalue weighted by atomic mass is 35.5. The number of pyridine rings is 1. The molecule has 1 aromatic heterocycles. The lowest BCUT2D eigenvalue weighted by molar-refractivity contribution is -0.384. The molecule has 0 amide bonds. The molecular formula is C9H12ClN3O4. The zero-order valence-electron chi connectivity index (χ0n) is 8.78. The first-order valence-corrected chi connectivity index (χ1v) is 5.32. The Bertz CT molecular complexity index is 415. The highest BCUT2D eigenvalue weighted by molar-refractivity contribution is 6.17. The predicted octanol–water partition coefficient (Wildman–Crippen LogP) is 0.595. The number of alkyl halides is 1. The molecule has 0 spiro atoms. The van der Waals surface area contributed by atoms with Crippen LogP contribution in [0.4, 0.5) is 11.5 Å². The number of nitrogens with zero attached hydrogens (tertiary/aromatic N) is 2. The molecule has 0 aliphatic heterocycles. The summed E-state index contributed by atoms with van der Waals surface area (Å²) in [4.78, 5) is 13.5. The summed E-state index contributed by atoms with van der Waals surface area (Å²) >= 11 is 5.42. The van der Waals surface area contributed by atoms with Crippen molar-refractivity contribution in [3.8, 4) is 0 Å². The first-order valence-electron chi connectivity index (χ1n) is 4.79. The van der Waals surface area contributed by atoms with Crippen molar-refractivity contribution in [2.45, 2.75) is 18.6 Å². The van der Waals surface area contributed by atoms with Crippen LogP contribution < -0.4 is 5.73 Å². The van der Waals surface area contributed by atoms with E-state index < -0.39 is 22.8 Å². The molecule has 0 saturated carbocycles. The SMILES string of the molecule is Nc1ncc(C(O)C(O)CCCl)cc1[N+](=O)[O-]. The molecule has 0 aliphatic carbocycles. The van der Waals surface area contributed by atoms with Crippen LogP contribution in [0.5, 0.6) is 0 Å². The average Bonchev–Trinajstić information content (AvgIpc) is 2.28. The van der Waals surface area contributed by atoms with E-state index in [9.17, 15) is 20.3 Å². The van der Waals surface area contributed by atoms with Gasteiger partial charge >= 0.3 is 5.69 Å².